The molecule has 1 rings (SSSR count). The number of hydrogen-bond acceptors (Lipinski definition) is 3. The van der Waals surface area contributed by atoms with Crippen molar-refractivity contribution in [1.29, 1.82) is 0 Å². The number of nitrogens with two attached hydrogens (primary N) is 1. The molecule has 4 N–H and O–H groups in total. The van der Waals surface area contributed by atoms with Gasteiger partial charge in [0.1, 0.15) is 0 Å². The molecule has 0 unspecified atom stereocenters. The van der Waals surface area contributed by atoms with Gasteiger partial charge in [-0.15, -0.1) is 0 Å². The summed E-state index contributed by atoms with van der Waals surface area (Å²) >= 11 is 0. The van der Waals surface area contributed by atoms with Gasteiger partial charge in [0.15, 0.2) is 0 Å². The van der Waals surface area contributed by atoms with Crippen LogP contribution in [-0.4, -0.2) is 29.1 Å². The van der Waals surface area contributed by atoms with Gasteiger partial charge in [-0.05, 0) is 25.7 Å². The molecule has 1 saturated carbocycles. The topological polar surface area (TPSA) is 92.4 Å². The molecule has 1 fully saturated rings. The molecule has 3 atom stereocenters. The number of hydrogen-bond donors (Lipinski definition) is 3. The third kappa shape index (κ3) is 3.48. The monoisotopic (exact) mass is 228 g/mol. The molecule has 0 bridgehead atoms. The zero-order valence-electron chi connectivity index (χ0n) is 9.61. The van der Waals surface area contributed by atoms with Gasteiger partial charge in [-0.25, -0.2) is 0 Å². The lowest BCUT2D eigenvalue weighted by molar-refractivity contribution is -0.141. The van der Waals surface area contributed by atoms with E-state index in [1.54, 1.807) is 0 Å². The van der Waals surface area contributed by atoms with E-state index in [-0.39, 0.29) is 17.9 Å². The molecule has 0 aromatic rings. The van der Waals surface area contributed by atoms with Crippen molar-refractivity contribution in [2.45, 2.75) is 51.1 Å². The van der Waals surface area contributed by atoms with E-state index >= 15 is 0 Å². The maximum absolute atomic E-state index is 11.6. The third-order valence-electron chi connectivity index (χ3n) is 3.06. The van der Waals surface area contributed by atoms with Crippen molar-refractivity contribution in [2.75, 3.05) is 0 Å². The fourth-order valence-corrected chi connectivity index (χ4v) is 2.09. The van der Waals surface area contributed by atoms with E-state index < -0.39 is 12.0 Å². The first kappa shape index (κ1) is 13.0. The predicted molar refractivity (Wildman–Crippen MR) is 59.8 cm³/mol. The first-order valence-electron chi connectivity index (χ1n) is 5.83. The lowest BCUT2D eigenvalue weighted by atomic mass is 10.1. The van der Waals surface area contributed by atoms with Gasteiger partial charge in [-0.2, -0.15) is 0 Å². The van der Waals surface area contributed by atoms with Crippen LogP contribution >= 0.6 is 0 Å². The van der Waals surface area contributed by atoms with Gasteiger partial charge in [-0.3, -0.25) is 9.59 Å². The molecule has 0 aliphatic heterocycles. The van der Waals surface area contributed by atoms with Gasteiger partial charge < -0.3 is 16.2 Å². The molecule has 0 saturated heterocycles. The van der Waals surface area contributed by atoms with Crippen LogP contribution in [0.3, 0.4) is 0 Å². The van der Waals surface area contributed by atoms with Gasteiger partial charge in [-0.1, -0.05) is 13.3 Å². The van der Waals surface area contributed by atoms with Crippen LogP contribution in [0.2, 0.25) is 0 Å². The van der Waals surface area contributed by atoms with Crippen molar-refractivity contribution in [3.8, 4) is 0 Å². The Morgan fingerprint density at radius 2 is 2.19 bits per heavy atom. The Morgan fingerprint density at radius 3 is 2.69 bits per heavy atom. The number of carbonyl (C=O) groups excluding carboxylic acids is 1. The Labute approximate surface area is 95.4 Å². The smallest absolute Gasteiger partial charge is 0.306 e. The van der Waals surface area contributed by atoms with Crippen LogP contribution in [0.5, 0.6) is 0 Å². The summed E-state index contributed by atoms with van der Waals surface area (Å²) in [4.78, 5) is 22.3. The zero-order valence-corrected chi connectivity index (χ0v) is 9.61. The predicted octanol–water partition coefficient (Wildman–Crippen LogP) is 0.483. The maximum atomic E-state index is 11.6. The Hall–Kier alpha value is -1.10. The molecule has 16 heavy (non-hydrogen) atoms. The normalized spacial score (nSPS) is 26.4. The number of amides is 1. The van der Waals surface area contributed by atoms with Crippen molar-refractivity contribution in [3.63, 3.8) is 0 Å². The largest absolute Gasteiger partial charge is 0.481 e. The van der Waals surface area contributed by atoms with E-state index in [4.69, 9.17) is 10.8 Å². The van der Waals surface area contributed by atoms with Crippen LogP contribution in [0.25, 0.3) is 0 Å². The lowest BCUT2D eigenvalue weighted by Gasteiger charge is -2.16. The molecule has 1 aliphatic carbocycles. The molecule has 0 radical (unpaired) electrons. The summed E-state index contributed by atoms with van der Waals surface area (Å²) in [6.07, 6.45) is 3.45. The lowest BCUT2D eigenvalue weighted by Crippen LogP contribution is -2.44. The first-order chi connectivity index (χ1) is 7.54. The Balaban J connectivity index is 2.33. The SMILES string of the molecule is CCC[C@@H](N)C(=O)N[C@H]1CC[C@@H](C(=O)O)C1. The van der Waals surface area contributed by atoms with Crippen molar-refractivity contribution >= 4 is 11.9 Å². The van der Waals surface area contributed by atoms with E-state index in [1.165, 1.54) is 0 Å². The Kier molecular flexibility index (Phi) is 4.73. The van der Waals surface area contributed by atoms with Crippen LogP contribution in [0.1, 0.15) is 39.0 Å². The average Bonchev–Trinajstić information content (AvgIpc) is 2.66. The zero-order chi connectivity index (χ0) is 12.1. The highest BCUT2D eigenvalue weighted by Crippen LogP contribution is 2.25. The summed E-state index contributed by atoms with van der Waals surface area (Å²) in [7, 11) is 0. The number of carboxylic acids is 1. The Morgan fingerprint density at radius 1 is 1.50 bits per heavy atom. The summed E-state index contributed by atoms with van der Waals surface area (Å²) in [6, 6.07) is -0.481. The van der Waals surface area contributed by atoms with Crippen molar-refractivity contribution in [1.82, 2.24) is 5.32 Å². The van der Waals surface area contributed by atoms with Gasteiger partial charge in [0.05, 0.1) is 12.0 Å². The quantitative estimate of drug-likeness (QED) is 0.638. The summed E-state index contributed by atoms with van der Waals surface area (Å²) in [5.74, 6) is -1.24. The van der Waals surface area contributed by atoms with Crippen LogP contribution < -0.4 is 11.1 Å². The van der Waals surface area contributed by atoms with Crippen molar-refractivity contribution < 1.29 is 14.7 Å². The van der Waals surface area contributed by atoms with E-state index in [1.807, 2.05) is 6.92 Å². The molecule has 1 aliphatic rings. The second-order valence-electron chi connectivity index (χ2n) is 4.45. The van der Waals surface area contributed by atoms with E-state index in [0.717, 1.165) is 12.8 Å². The van der Waals surface area contributed by atoms with Crippen molar-refractivity contribution in [2.24, 2.45) is 11.7 Å². The van der Waals surface area contributed by atoms with Crippen LogP contribution in [0.4, 0.5) is 0 Å². The highest BCUT2D eigenvalue weighted by Gasteiger charge is 2.31. The maximum Gasteiger partial charge on any atom is 0.306 e. The second kappa shape index (κ2) is 5.84. The molecule has 5 heteroatoms. The fraction of sp³-hybridized carbons (Fsp3) is 0.818. The summed E-state index contributed by atoms with van der Waals surface area (Å²) in [5.41, 5.74) is 5.67. The first-order valence-corrected chi connectivity index (χ1v) is 5.83. The molecule has 0 aromatic carbocycles. The minimum atomic E-state index is -0.769. The summed E-state index contributed by atoms with van der Waals surface area (Å²) < 4.78 is 0. The number of carboxylic acid groups (broad SMARTS) is 1. The second-order valence-corrected chi connectivity index (χ2v) is 4.45. The average molecular weight is 228 g/mol. The van der Waals surface area contributed by atoms with Gasteiger partial charge in [0.2, 0.25) is 5.91 Å². The summed E-state index contributed by atoms with van der Waals surface area (Å²) in [5, 5.41) is 11.6. The van der Waals surface area contributed by atoms with Crippen LogP contribution in [0.15, 0.2) is 0 Å². The summed E-state index contributed by atoms with van der Waals surface area (Å²) in [6.45, 7) is 1.98. The highest BCUT2D eigenvalue weighted by molar-refractivity contribution is 5.81. The minimum absolute atomic E-state index is 0.0171. The number of carbonyl (C=O) groups is 2. The molecule has 0 aromatic heterocycles. The van der Waals surface area contributed by atoms with Gasteiger partial charge in [0.25, 0.3) is 0 Å². The molecule has 1 amide bonds. The number of nitrogens with one attached hydrogen (secondary N) is 1. The molecule has 0 heterocycles. The third-order valence-corrected chi connectivity index (χ3v) is 3.06. The molecule has 92 valence electrons. The van der Waals surface area contributed by atoms with Gasteiger partial charge >= 0.3 is 5.97 Å². The van der Waals surface area contributed by atoms with Crippen LogP contribution in [-0.2, 0) is 9.59 Å². The minimum Gasteiger partial charge on any atom is -0.481 e. The van der Waals surface area contributed by atoms with Gasteiger partial charge in [0, 0.05) is 6.04 Å². The highest BCUT2D eigenvalue weighted by atomic mass is 16.4. The van der Waals surface area contributed by atoms with Crippen molar-refractivity contribution in [3.05, 3.63) is 0 Å². The van der Waals surface area contributed by atoms with Crippen LogP contribution in [0, 0.1) is 5.92 Å². The molecular weight excluding hydrogens is 208 g/mol. The fourth-order valence-electron chi connectivity index (χ4n) is 2.09. The van der Waals surface area contributed by atoms with E-state index in [9.17, 15) is 9.59 Å². The molecule has 0 spiro atoms. The molecule has 5 nitrogen and oxygen atoms in total. The number of aliphatic carboxylic acids is 1. The van der Waals surface area contributed by atoms with E-state index in [2.05, 4.69) is 5.32 Å². The number of rotatable bonds is 5. The van der Waals surface area contributed by atoms with E-state index in [0.29, 0.717) is 19.3 Å². The Bertz CT molecular complexity index is 268. The standard InChI is InChI=1S/C11H20N2O3/c1-2-3-9(12)10(14)13-8-5-4-7(6-8)11(15)16/h7-9H,2-6,12H2,1H3,(H,13,14)(H,15,16)/t7-,8+,9-/m1/s1. The molecular formula is C11H20N2O3.